The van der Waals surface area contributed by atoms with Crippen LogP contribution in [0.1, 0.15) is 29.3 Å². The fraction of sp³-hybridized carbons (Fsp3) is 0.188. The lowest BCUT2D eigenvalue weighted by Gasteiger charge is -2.10. The van der Waals surface area contributed by atoms with Gasteiger partial charge in [-0.25, -0.2) is 4.39 Å². The Balaban J connectivity index is 2.38. The molecule has 0 fully saturated rings. The molecule has 20 heavy (non-hydrogen) atoms. The maximum atomic E-state index is 13.9. The number of carbonyl (C=O) groups is 1. The third-order valence-corrected chi connectivity index (χ3v) is 3.26. The molecule has 4 heteroatoms. The highest BCUT2D eigenvalue weighted by molar-refractivity contribution is 9.10. The fourth-order valence-electron chi connectivity index (χ4n) is 1.81. The minimum atomic E-state index is -0.547. The first-order valence-corrected chi connectivity index (χ1v) is 7.14. The van der Waals surface area contributed by atoms with E-state index >= 15 is 0 Å². The third-order valence-electron chi connectivity index (χ3n) is 2.77. The molecule has 0 amide bonds. The number of ether oxygens (including phenoxy) is 1. The summed E-state index contributed by atoms with van der Waals surface area (Å²) in [5, 5.41) is 0. The van der Waals surface area contributed by atoms with Gasteiger partial charge in [0.15, 0.2) is 5.78 Å². The molecule has 0 aromatic heterocycles. The summed E-state index contributed by atoms with van der Waals surface area (Å²) >= 11 is 3.17. The van der Waals surface area contributed by atoms with E-state index in [1.807, 2.05) is 6.92 Å². The Morgan fingerprint density at radius 2 is 1.95 bits per heavy atom. The fourth-order valence-corrected chi connectivity index (χ4v) is 2.14. The van der Waals surface area contributed by atoms with E-state index in [2.05, 4.69) is 15.9 Å². The molecule has 0 spiro atoms. The zero-order chi connectivity index (χ0) is 14.5. The predicted octanol–water partition coefficient (Wildman–Crippen LogP) is 4.61. The van der Waals surface area contributed by atoms with Crippen LogP contribution in [0.25, 0.3) is 0 Å². The zero-order valence-electron chi connectivity index (χ0n) is 11.0. The van der Waals surface area contributed by atoms with Crippen LogP contribution in [0.3, 0.4) is 0 Å². The number of carbonyl (C=O) groups excluding carboxylic acids is 1. The molecule has 0 saturated heterocycles. The molecule has 2 aromatic carbocycles. The first kappa shape index (κ1) is 14.7. The Bertz CT molecular complexity index is 626. The van der Waals surface area contributed by atoms with Crippen LogP contribution in [0.5, 0.6) is 5.75 Å². The summed E-state index contributed by atoms with van der Waals surface area (Å²) in [7, 11) is 0. The van der Waals surface area contributed by atoms with Crippen LogP contribution in [0, 0.1) is 5.82 Å². The molecule has 0 N–H and O–H groups in total. The minimum absolute atomic E-state index is 0.0424. The molecule has 0 aliphatic heterocycles. The maximum absolute atomic E-state index is 13.9. The van der Waals surface area contributed by atoms with E-state index in [1.165, 1.54) is 12.1 Å². The minimum Gasteiger partial charge on any atom is -0.493 e. The van der Waals surface area contributed by atoms with E-state index in [0.29, 0.717) is 22.4 Å². The number of hydrogen-bond acceptors (Lipinski definition) is 2. The molecule has 104 valence electrons. The lowest BCUT2D eigenvalue weighted by molar-refractivity contribution is 0.103. The van der Waals surface area contributed by atoms with Crippen LogP contribution in [0.15, 0.2) is 46.9 Å². The van der Waals surface area contributed by atoms with Gasteiger partial charge in [-0.3, -0.25) is 4.79 Å². The number of benzene rings is 2. The van der Waals surface area contributed by atoms with E-state index in [-0.39, 0.29) is 11.3 Å². The first-order chi connectivity index (χ1) is 9.63. The van der Waals surface area contributed by atoms with Gasteiger partial charge in [0.05, 0.1) is 17.7 Å². The Hall–Kier alpha value is -1.68. The van der Waals surface area contributed by atoms with Crippen molar-refractivity contribution in [3.8, 4) is 5.75 Å². The van der Waals surface area contributed by atoms with Crippen molar-refractivity contribution in [2.24, 2.45) is 0 Å². The van der Waals surface area contributed by atoms with Crippen molar-refractivity contribution < 1.29 is 13.9 Å². The number of rotatable bonds is 5. The van der Waals surface area contributed by atoms with Gasteiger partial charge in [0, 0.05) is 4.47 Å². The van der Waals surface area contributed by atoms with Crippen LogP contribution >= 0.6 is 15.9 Å². The van der Waals surface area contributed by atoms with Crippen LogP contribution in [-0.4, -0.2) is 12.4 Å². The van der Waals surface area contributed by atoms with Crippen LogP contribution in [0.2, 0.25) is 0 Å². The van der Waals surface area contributed by atoms with E-state index in [0.717, 1.165) is 6.42 Å². The molecule has 0 saturated carbocycles. The summed E-state index contributed by atoms with van der Waals surface area (Å²) in [6.45, 7) is 2.51. The highest BCUT2D eigenvalue weighted by atomic mass is 79.9. The van der Waals surface area contributed by atoms with Crippen molar-refractivity contribution in [3.05, 3.63) is 63.9 Å². The molecule has 0 bridgehead atoms. The molecular weight excluding hydrogens is 323 g/mol. The normalized spacial score (nSPS) is 10.3. The quantitative estimate of drug-likeness (QED) is 0.745. The van der Waals surface area contributed by atoms with Gasteiger partial charge < -0.3 is 4.74 Å². The largest absolute Gasteiger partial charge is 0.493 e. The number of halogens is 2. The predicted molar refractivity (Wildman–Crippen MR) is 79.8 cm³/mol. The van der Waals surface area contributed by atoms with E-state index in [1.54, 1.807) is 30.3 Å². The molecule has 0 aliphatic carbocycles. The molecular formula is C16H14BrFO2. The summed E-state index contributed by atoms with van der Waals surface area (Å²) in [5.41, 5.74) is 0.419. The Morgan fingerprint density at radius 3 is 2.65 bits per heavy atom. The molecule has 0 aliphatic rings. The van der Waals surface area contributed by atoms with Crippen LogP contribution < -0.4 is 4.74 Å². The van der Waals surface area contributed by atoms with Crippen molar-refractivity contribution in [2.75, 3.05) is 6.61 Å². The molecule has 2 aromatic rings. The van der Waals surface area contributed by atoms with Gasteiger partial charge in [0.25, 0.3) is 0 Å². The van der Waals surface area contributed by atoms with Crippen molar-refractivity contribution in [2.45, 2.75) is 13.3 Å². The number of para-hydroxylation sites is 1. The summed E-state index contributed by atoms with van der Waals surface area (Å²) in [4.78, 5) is 12.4. The first-order valence-electron chi connectivity index (χ1n) is 6.35. The smallest absolute Gasteiger partial charge is 0.199 e. The van der Waals surface area contributed by atoms with Crippen molar-refractivity contribution >= 4 is 21.7 Å². The van der Waals surface area contributed by atoms with Gasteiger partial charge in [-0.05, 0) is 36.8 Å². The molecule has 0 radical (unpaired) electrons. The Kier molecular flexibility index (Phi) is 4.90. The number of hydrogen-bond donors (Lipinski definition) is 0. The lowest BCUT2D eigenvalue weighted by atomic mass is 10.0. The topological polar surface area (TPSA) is 26.3 Å². The highest BCUT2D eigenvalue weighted by Gasteiger charge is 2.17. The Labute approximate surface area is 125 Å². The average molecular weight is 337 g/mol. The van der Waals surface area contributed by atoms with Crippen molar-refractivity contribution in [3.63, 3.8) is 0 Å². The van der Waals surface area contributed by atoms with E-state index in [9.17, 15) is 9.18 Å². The van der Waals surface area contributed by atoms with Gasteiger partial charge in [0.1, 0.15) is 11.6 Å². The summed E-state index contributed by atoms with van der Waals surface area (Å²) < 4.78 is 20.0. The molecule has 2 rings (SSSR count). The van der Waals surface area contributed by atoms with E-state index < -0.39 is 5.82 Å². The SMILES string of the molecule is CCCOc1ccccc1C(=O)c1ccc(Br)cc1F. The zero-order valence-corrected chi connectivity index (χ0v) is 12.6. The summed E-state index contributed by atoms with van der Waals surface area (Å²) in [5.74, 6) is -0.432. The second kappa shape index (κ2) is 6.66. The molecule has 0 atom stereocenters. The van der Waals surface area contributed by atoms with Crippen LogP contribution in [0.4, 0.5) is 4.39 Å². The summed E-state index contributed by atoms with van der Waals surface area (Å²) in [6, 6.07) is 11.3. The lowest BCUT2D eigenvalue weighted by Crippen LogP contribution is -2.07. The molecule has 0 unspecified atom stereocenters. The van der Waals surface area contributed by atoms with E-state index in [4.69, 9.17) is 4.74 Å². The monoisotopic (exact) mass is 336 g/mol. The third kappa shape index (κ3) is 3.25. The molecule has 2 nitrogen and oxygen atoms in total. The van der Waals surface area contributed by atoms with Crippen molar-refractivity contribution in [1.82, 2.24) is 0 Å². The van der Waals surface area contributed by atoms with Gasteiger partial charge in [0.2, 0.25) is 0 Å². The van der Waals surface area contributed by atoms with Crippen molar-refractivity contribution in [1.29, 1.82) is 0 Å². The van der Waals surface area contributed by atoms with Gasteiger partial charge in [-0.2, -0.15) is 0 Å². The van der Waals surface area contributed by atoms with Gasteiger partial charge >= 0.3 is 0 Å². The van der Waals surface area contributed by atoms with Gasteiger partial charge in [-0.15, -0.1) is 0 Å². The number of ketones is 1. The second-order valence-electron chi connectivity index (χ2n) is 4.30. The Morgan fingerprint density at radius 1 is 1.20 bits per heavy atom. The van der Waals surface area contributed by atoms with Crippen LogP contribution in [-0.2, 0) is 0 Å². The summed E-state index contributed by atoms with van der Waals surface area (Å²) in [6.07, 6.45) is 0.842. The van der Waals surface area contributed by atoms with Gasteiger partial charge in [-0.1, -0.05) is 35.0 Å². The average Bonchev–Trinajstić information content (AvgIpc) is 2.45. The highest BCUT2D eigenvalue weighted by Crippen LogP contribution is 2.24. The molecule has 0 heterocycles. The maximum Gasteiger partial charge on any atom is 0.199 e. The standard InChI is InChI=1S/C16H14BrFO2/c1-2-9-20-15-6-4-3-5-13(15)16(19)12-8-7-11(17)10-14(12)18/h3-8,10H,2,9H2,1H3. The second-order valence-corrected chi connectivity index (χ2v) is 5.21.